The number of hydrogen-bond donors (Lipinski definition) is 1. The Morgan fingerprint density at radius 2 is 1.52 bits per heavy atom. The zero-order valence-corrected chi connectivity index (χ0v) is 19.0. The molecule has 0 fully saturated rings. The Balaban J connectivity index is 0.00000364. The third kappa shape index (κ3) is 9.23. The van der Waals surface area contributed by atoms with Crippen LogP contribution in [0.4, 0.5) is 0 Å². The molecule has 1 N–H and O–H groups in total. The third-order valence-corrected chi connectivity index (χ3v) is 5.51. The van der Waals surface area contributed by atoms with E-state index in [2.05, 4.69) is 10.3 Å². The van der Waals surface area contributed by atoms with Crippen LogP contribution in [-0.4, -0.2) is 45.7 Å². The molecule has 7 heteroatoms. The van der Waals surface area contributed by atoms with Crippen LogP contribution < -0.4 is 5.32 Å². The maximum atomic E-state index is 12.2. The zero-order valence-electron chi connectivity index (χ0n) is 15.8. The Hall–Kier alpha value is -1.61. The molecule has 2 aromatic carbocycles. The number of benzene rings is 2. The first-order valence-electron chi connectivity index (χ1n) is 8.70. The highest BCUT2D eigenvalue weighted by Crippen LogP contribution is 2.07. The van der Waals surface area contributed by atoms with Crippen LogP contribution in [0.25, 0.3) is 0 Å². The van der Waals surface area contributed by atoms with Crippen molar-refractivity contribution in [2.24, 2.45) is 4.99 Å². The van der Waals surface area contributed by atoms with Crippen LogP contribution in [0.5, 0.6) is 0 Å². The number of guanidine groups is 1. The smallest absolute Gasteiger partial charge is 0.193 e. The topological polar surface area (TPSA) is 61.8 Å². The van der Waals surface area contributed by atoms with Gasteiger partial charge in [-0.1, -0.05) is 60.7 Å². The summed E-state index contributed by atoms with van der Waals surface area (Å²) >= 11 is 0. The van der Waals surface area contributed by atoms with Crippen molar-refractivity contribution in [1.82, 2.24) is 10.2 Å². The molecule has 2 aromatic rings. The summed E-state index contributed by atoms with van der Waals surface area (Å²) in [6.07, 6.45) is 0.549. The van der Waals surface area contributed by atoms with Crippen LogP contribution in [-0.2, 0) is 22.1 Å². The first-order valence-corrected chi connectivity index (χ1v) is 10.5. The molecule has 0 aromatic heterocycles. The fraction of sp³-hybridized carbons (Fsp3) is 0.350. The lowest BCUT2D eigenvalue weighted by Crippen LogP contribution is -2.37. The van der Waals surface area contributed by atoms with Gasteiger partial charge in [0.25, 0.3) is 0 Å². The second-order valence-electron chi connectivity index (χ2n) is 6.38. The normalized spacial score (nSPS) is 11.6. The van der Waals surface area contributed by atoms with Crippen molar-refractivity contribution in [3.05, 3.63) is 71.8 Å². The molecule has 148 valence electrons. The summed E-state index contributed by atoms with van der Waals surface area (Å²) in [6.45, 7) is 1.16. The van der Waals surface area contributed by atoms with Crippen molar-refractivity contribution >= 4 is 39.8 Å². The molecule has 27 heavy (non-hydrogen) atoms. The monoisotopic (exact) mass is 501 g/mol. The standard InChI is InChI=1S/C20H27N3O2S.HI/c1-23(2)20(22-16-18-10-5-3-6-11-18)21-14-9-15-26(24,25)17-19-12-7-4-8-13-19;/h3-8,10-13H,9,14-17H2,1-2H3,(H,21,22);1H. The summed E-state index contributed by atoms with van der Waals surface area (Å²) in [6, 6.07) is 19.3. The van der Waals surface area contributed by atoms with Gasteiger partial charge in [0.05, 0.1) is 18.1 Å². The Bertz CT molecular complexity index is 794. The molecule has 0 heterocycles. The molecule has 0 aliphatic rings. The maximum Gasteiger partial charge on any atom is 0.193 e. The zero-order chi connectivity index (χ0) is 18.8. The SMILES string of the molecule is CN(C)C(=NCc1ccccc1)NCCCS(=O)(=O)Cc1ccccc1.I. The summed E-state index contributed by atoms with van der Waals surface area (Å²) in [5.74, 6) is 1.01. The first kappa shape index (κ1) is 23.4. The lowest BCUT2D eigenvalue weighted by Gasteiger charge is -2.17. The number of halogens is 1. The van der Waals surface area contributed by atoms with E-state index in [1.54, 1.807) is 0 Å². The summed E-state index contributed by atoms with van der Waals surface area (Å²) in [4.78, 5) is 6.48. The van der Waals surface area contributed by atoms with Crippen LogP contribution in [0.2, 0.25) is 0 Å². The molecule has 0 aliphatic heterocycles. The van der Waals surface area contributed by atoms with Gasteiger partial charge in [-0.3, -0.25) is 0 Å². The molecule has 0 radical (unpaired) electrons. The minimum atomic E-state index is -3.10. The molecular formula is C20H28IN3O2S. The predicted octanol–water partition coefficient (Wildman–Crippen LogP) is 3.32. The summed E-state index contributed by atoms with van der Waals surface area (Å²) in [7, 11) is 0.738. The number of rotatable bonds is 8. The molecule has 0 bridgehead atoms. The highest BCUT2D eigenvalue weighted by molar-refractivity contribution is 14.0. The van der Waals surface area contributed by atoms with Crippen molar-refractivity contribution in [1.29, 1.82) is 0 Å². The summed E-state index contributed by atoms with van der Waals surface area (Å²) in [5.41, 5.74) is 1.97. The number of hydrogen-bond acceptors (Lipinski definition) is 3. The fourth-order valence-electron chi connectivity index (χ4n) is 2.50. The van der Waals surface area contributed by atoms with E-state index in [-0.39, 0.29) is 35.5 Å². The lowest BCUT2D eigenvalue weighted by atomic mass is 10.2. The fourth-order valence-corrected chi connectivity index (χ4v) is 3.93. The number of nitrogens with one attached hydrogen (secondary N) is 1. The molecule has 0 amide bonds. The molecule has 5 nitrogen and oxygen atoms in total. The average molecular weight is 501 g/mol. The van der Waals surface area contributed by atoms with E-state index < -0.39 is 9.84 Å². The van der Waals surface area contributed by atoms with Gasteiger partial charge in [0.2, 0.25) is 0 Å². The number of nitrogens with zero attached hydrogens (tertiary/aromatic N) is 2. The van der Waals surface area contributed by atoms with Gasteiger partial charge >= 0.3 is 0 Å². The Kier molecular flexibility index (Phi) is 10.4. The molecule has 0 saturated carbocycles. The minimum absolute atomic E-state index is 0. The van der Waals surface area contributed by atoms with Crippen LogP contribution in [0.1, 0.15) is 17.5 Å². The van der Waals surface area contributed by atoms with Gasteiger partial charge in [-0.25, -0.2) is 13.4 Å². The van der Waals surface area contributed by atoms with Crippen LogP contribution in [0.3, 0.4) is 0 Å². The number of aliphatic imine (C=N–C) groups is 1. The maximum absolute atomic E-state index is 12.2. The van der Waals surface area contributed by atoms with Gasteiger partial charge in [-0.2, -0.15) is 0 Å². The summed E-state index contributed by atoms with van der Waals surface area (Å²) < 4.78 is 24.4. The Morgan fingerprint density at radius 1 is 0.963 bits per heavy atom. The molecule has 0 unspecified atom stereocenters. The van der Waals surface area contributed by atoms with E-state index in [1.165, 1.54) is 0 Å². The van der Waals surface area contributed by atoms with Crippen molar-refractivity contribution in [3.8, 4) is 0 Å². The molecular weight excluding hydrogens is 473 g/mol. The van der Waals surface area contributed by atoms with Gasteiger partial charge in [0.1, 0.15) is 0 Å². The van der Waals surface area contributed by atoms with Crippen LogP contribution in [0.15, 0.2) is 65.7 Å². The largest absolute Gasteiger partial charge is 0.356 e. The predicted molar refractivity (Wildman–Crippen MR) is 123 cm³/mol. The number of sulfone groups is 1. The van der Waals surface area contributed by atoms with E-state index in [9.17, 15) is 8.42 Å². The summed E-state index contributed by atoms with van der Waals surface area (Å²) in [5, 5.41) is 3.24. The molecule has 0 aliphatic carbocycles. The second-order valence-corrected chi connectivity index (χ2v) is 8.56. The van der Waals surface area contributed by atoms with E-state index in [1.807, 2.05) is 79.7 Å². The van der Waals surface area contributed by atoms with Crippen molar-refractivity contribution < 1.29 is 8.42 Å². The highest BCUT2D eigenvalue weighted by atomic mass is 127. The van der Waals surface area contributed by atoms with Crippen LogP contribution >= 0.6 is 24.0 Å². The van der Waals surface area contributed by atoms with Crippen LogP contribution in [0, 0.1) is 0 Å². The highest BCUT2D eigenvalue weighted by Gasteiger charge is 2.11. The van der Waals surface area contributed by atoms with Gasteiger partial charge in [0.15, 0.2) is 15.8 Å². The molecule has 0 saturated heterocycles. The first-order chi connectivity index (χ1) is 12.5. The third-order valence-electron chi connectivity index (χ3n) is 3.82. The van der Waals surface area contributed by atoms with Gasteiger partial charge < -0.3 is 10.2 Å². The molecule has 2 rings (SSSR count). The van der Waals surface area contributed by atoms with E-state index >= 15 is 0 Å². The van der Waals surface area contributed by atoms with Crippen molar-refractivity contribution in [3.63, 3.8) is 0 Å². The van der Waals surface area contributed by atoms with Gasteiger partial charge in [0, 0.05) is 20.6 Å². The van der Waals surface area contributed by atoms with Crippen molar-refractivity contribution in [2.75, 3.05) is 26.4 Å². The average Bonchev–Trinajstić information content (AvgIpc) is 2.62. The minimum Gasteiger partial charge on any atom is -0.356 e. The van der Waals surface area contributed by atoms with E-state index in [4.69, 9.17) is 0 Å². The molecule has 0 atom stereocenters. The second kappa shape index (κ2) is 12.0. The van der Waals surface area contributed by atoms with Crippen molar-refractivity contribution in [2.45, 2.75) is 18.7 Å². The van der Waals surface area contributed by atoms with Gasteiger partial charge in [-0.15, -0.1) is 24.0 Å². The lowest BCUT2D eigenvalue weighted by molar-refractivity contribution is 0.573. The van der Waals surface area contributed by atoms with E-state index in [0.717, 1.165) is 17.1 Å². The van der Waals surface area contributed by atoms with E-state index in [0.29, 0.717) is 19.5 Å². The Morgan fingerprint density at radius 3 is 2.07 bits per heavy atom. The van der Waals surface area contributed by atoms with Gasteiger partial charge in [-0.05, 0) is 17.5 Å². The Labute approximate surface area is 179 Å². The quantitative estimate of drug-likeness (QED) is 0.261. The molecule has 0 spiro atoms.